The summed E-state index contributed by atoms with van der Waals surface area (Å²) < 4.78 is 5.32. The monoisotopic (exact) mass is 202 g/mol. The molecule has 0 aliphatic rings. The lowest BCUT2D eigenvalue weighted by molar-refractivity contribution is 0.110. The number of benzene rings is 1. The molecule has 2 rings (SSSR count). The predicted octanol–water partition coefficient (Wildman–Crippen LogP) is 3.54. The van der Waals surface area contributed by atoms with Gasteiger partial charge in [-0.3, -0.25) is 4.79 Å². The van der Waals surface area contributed by atoms with Gasteiger partial charge in [0.2, 0.25) is 0 Å². The molecular weight excluding hydrogens is 188 g/mol. The summed E-state index contributed by atoms with van der Waals surface area (Å²) >= 11 is 0. The average molecular weight is 202 g/mol. The molecule has 1 heterocycles. The Labute approximate surface area is 88.9 Å². The predicted molar refractivity (Wildman–Crippen MR) is 60.3 cm³/mol. The molecule has 1 aromatic carbocycles. The fourth-order valence-corrected chi connectivity index (χ4v) is 1.59. The van der Waals surface area contributed by atoms with Gasteiger partial charge in [-0.2, -0.15) is 0 Å². The zero-order valence-electron chi connectivity index (χ0n) is 9.20. The molecule has 78 valence electrons. The molecule has 2 heteroatoms. The summed E-state index contributed by atoms with van der Waals surface area (Å²) in [6.45, 7) is 6.48. The van der Waals surface area contributed by atoms with Crippen molar-refractivity contribution in [3.63, 3.8) is 0 Å². The fourth-order valence-electron chi connectivity index (χ4n) is 1.59. The Bertz CT molecular complexity index is 501. The third-order valence-electron chi connectivity index (χ3n) is 2.52. The fraction of sp³-hybridized carbons (Fsp3) is 0.308. The van der Waals surface area contributed by atoms with Crippen molar-refractivity contribution < 1.29 is 9.21 Å². The van der Waals surface area contributed by atoms with Gasteiger partial charge in [-0.25, -0.2) is 0 Å². The molecule has 0 aliphatic carbocycles. The Hall–Kier alpha value is -1.57. The topological polar surface area (TPSA) is 30.2 Å². The Morgan fingerprint density at radius 2 is 1.93 bits per heavy atom. The molecule has 0 fully saturated rings. The summed E-state index contributed by atoms with van der Waals surface area (Å²) in [4.78, 5) is 10.6. The van der Waals surface area contributed by atoms with Gasteiger partial charge < -0.3 is 4.42 Å². The van der Waals surface area contributed by atoms with Crippen LogP contribution in [0.4, 0.5) is 0 Å². The van der Waals surface area contributed by atoms with Crippen LogP contribution >= 0.6 is 0 Å². The summed E-state index contributed by atoms with van der Waals surface area (Å²) in [5, 5.41) is 0.990. The Morgan fingerprint density at radius 3 is 2.53 bits per heavy atom. The van der Waals surface area contributed by atoms with E-state index in [4.69, 9.17) is 4.42 Å². The van der Waals surface area contributed by atoms with Crippen LogP contribution in [0.15, 0.2) is 28.7 Å². The van der Waals surface area contributed by atoms with Crippen molar-refractivity contribution in [1.29, 1.82) is 0 Å². The minimum Gasteiger partial charge on any atom is -0.453 e. The van der Waals surface area contributed by atoms with E-state index in [1.165, 1.54) is 5.56 Å². The first-order valence-electron chi connectivity index (χ1n) is 5.00. The van der Waals surface area contributed by atoms with Crippen LogP contribution < -0.4 is 0 Å². The van der Waals surface area contributed by atoms with Crippen LogP contribution in [-0.2, 0) is 5.41 Å². The van der Waals surface area contributed by atoms with Crippen molar-refractivity contribution in [3.05, 3.63) is 35.6 Å². The van der Waals surface area contributed by atoms with E-state index in [0.717, 1.165) is 17.3 Å². The lowest BCUT2D eigenvalue weighted by Gasteiger charge is -2.18. The highest BCUT2D eigenvalue weighted by molar-refractivity contribution is 5.85. The van der Waals surface area contributed by atoms with E-state index in [1.54, 1.807) is 6.07 Å². The Kier molecular flexibility index (Phi) is 2.14. The van der Waals surface area contributed by atoms with Crippen molar-refractivity contribution in [1.82, 2.24) is 0 Å². The van der Waals surface area contributed by atoms with Gasteiger partial charge in [-0.15, -0.1) is 0 Å². The van der Waals surface area contributed by atoms with Gasteiger partial charge in [0, 0.05) is 5.39 Å². The number of aldehydes is 1. The molecule has 0 atom stereocenters. The molecular formula is C13H14O2. The van der Waals surface area contributed by atoms with Crippen molar-refractivity contribution in [2.24, 2.45) is 0 Å². The second-order valence-electron chi connectivity index (χ2n) is 4.77. The van der Waals surface area contributed by atoms with Crippen LogP contribution in [0.25, 0.3) is 11.0 Å². The van der Waals surface area contributed by atoms with E-state index in [1.807, 2.05) is 12.1 Å². The molecule has 0 saturated heterocycles. The molecule has 0 N–H and O–H groups in total. The largest absolute Gasteiger partial charge is 0.453 e. The molecule has 0 radical (unpaired) electrons. The van der Waals surface area contributed by atoms with Crippen molar-refractivity contribution in [2.45, 2.75) is 26.2 Å². The van der Waals surface area contributed by atoms with Crippen LogP contribution in [-0.4, -0.2) is 6.29 Å². The highest BCUT2D eigenvalue weighted by Crippen LogP contribution is 2.27. The number of carbonyl (C=O) groups excluding carboxylic acids is 1. The number of fused-ring (bicyclic) bond motifs is 1. The molecule has 2 aromatic rings. The molecule has 0 aliphatic heterocycles. The summed E-state index contributed by atoms with van der Waals surface area (Å²) in [6.07, 6.45) is 0.733. The van der Waals surface area contributed by atoms with Crippen LogP contribution in [0.1, 0.15) is 36.9 Å². The standard InChI is InChI=1S/C13H14O2/c1-13(2,3)10-4-5-12-9(6-10)7-11(8-14)15-12/h4-8H,1-3H3. The van der Waals surface area contributed by atoms with Gasteiger partial charge in [0.05, 0.1) is 0 Å². The first-order chi connectivity index (χ1) is 7.00. The molecule has 15 heavy (non-hydrogen) atoms. The van der Waals surface area contributed by atoms with Gasteiger partial charge in [-0.1, -0.05) is 26.8 Å². The molecule has 0 unspecified atom stereocenters. The first kappa shape index (κ1) is 9.97. The maximum atomic E-state index is 10.6. The zero-order valence-corrected chi connectivity index (χ0v) is 9.20. The molecule has 0 amide bonds. The quantitative estimate of drug-likeness (QED) is 0.662. The summed E-state index contributed by atoms with van der Waals surface area (Å²) in [7, 11) is 0. The summed E-state index contributed by atoms with van der Waals surface area (Å²) in [5.41, 5.74) is 2.13. The van der Waals surface area contributed by atoms with Gasteiger partial charge >= 0.3 is 0 Å². The van der Waals surface area contributed by atoms with Crippen LogP contribution in [0.3, 0.4) is 0 Å². The maximum Gasteiger partial charge on any atom is 0.185 e. The maximum absolute atomic E-state index is 10.6. The average Bonchev–Trinajstić information content (AvgIpc) is 2.57. The van der Waals surface area contributed by atoms with E-state index < -0.39 is 0 Å². The SMILES string of the molecule is CC(C)(C)c1ccc2oc(C=O)cc2c1. The van der Waals surface area contributed by atoms with Crippen molar-refractivity contribution in [3.8, 4) is 0 Å². The minimum atomic E-state index is 0.118. The molecule has 0 saturated carbocycles. The number of carbonyl (C=O) groups is 1. The molecule has 2 nitrogen and oxygen atoms in total. The Balaban J connectivity index is 2.60. The van der Waals surface area contributed by atoms with Gasteiger partial charge in [0.25, 0.3) is 0 Å². The molecule has 1 aromatic heterocycles. The Morgan fingerprint density at radius 1 is 1.20 bits per heavy atom. The first-order valence-corrected chi connectivity index (χ1v) is 5.00. The van der Waals surface area contributed by atoms with Crippen LogP contribution in [0, 0.1) is 0 Å². The summed E-state index contributed by atoms with van der Waals surface area (Å²) in [6, 6.07) is 7.81. The van der Waals surface area contributed by atoms with Crippen molar-refractivity contribution >= 4 is 17.3 Å². The van der Waals surface area contributed by atoms with E-state index in [0.29, 0.717) is 5.76 Å². The van der Waals surface area contributed by atoms with E-state index in [9.17, 15) is 4.79 Å². The molecule has 0 bridgehead atoms. The van der Waals surface area contributed by atoms with E-state index in [2.05, 4.69) is 26.8 Å². The number of rotatable bonds is 1. The van der Waals surface area contributed by atoms with Crippen molar-refractivity contribution in [2.75, 3.05) is 0 Å². The third kappa shape index (κ3) is 1.80. The van der Waals surface area contributed by atoms with Gasteiger partial charge in [0.1, 0.15) is 5.58 Å². The van der Waals surface area contributed by atoms with E-state index in [-0.39, 0.29) is 5.41 Å². The summed E-state index contributed by atoms with van der Waals surface area (Å²) in [5.74, 6) is 0.385. The zero-order chi connectivity index (χ0) is 11.1. The van der Waals surface area contributed by atoms with Gasteiger partial charge in [0.15, 0.2) is 12.0 Å². The number of hydrogen-bond donors (Lipinski definition) is 0. The second kappa shape index (κ2) is 3.23. The number of hydrogen-bond acceptors (Lipinski definition) is 2. The van der Waals surface area contributed by atoms with Crippen LogP contribution in [0.2, 0.25) is 0 Å². The van der Waals surface area contributed by atoms with Crippen LogP contribution in [0.5, 0.6) is 0 Å². The normalized spacial score (nSPS) is 11.9. The lowest BCUT2D eigenvalue weighted by atomic mass is 9.86. The minimum absolute atomic E-state index is 0.118. The van der Waals surface area contributed by atoms with E-state index >= 15 is 0 Å². The van der Waals surface area contributed by atoms with Gasteiger partial charge in [-0.05, 0) is 29.2 Å². The smallest absolute Gasteiger partial charge is 0.185 e. The highest BCUT2D eigenvalue weighted by atomic mass is 16.3. The second-order valence-corrected chi connectivity index (χ2v) is 4.77. The molecule has 0 spiro atoms. The number of furan rings is 1. The highest BCUT2D eigenvalue weighted by Gasteiger charge is 2.14. The third-order valence-corrected chi connectivity index (χ3v) is 2.52. The lowest BCUT2D eigenvalue weighted by Crippen LogP contribution is -2.10.